The van der Waals surface area contributed by atoms with Crippen LogP contribution in [-0.2, 0) is 11.3 Å². The Balaban J connectivity index is 1.94. The van der Waals surface area contributed by atoms with E-state index < -0.39 is 0 Å². The molecule has 1 aromatic rings. The zero-order chi connectivity index (χ0) is 18.6. The SMILES string of the molecule is COc1ccc(CN(C)C(=O)CN2CCC(N)C(C)(C)C2)cc1OC. The van der Waals surface area contributed by atoms with Crippen LogP contribution >= 0.6 is 0 Å². The van der Waals surface area contributed by atoms with Crippen molar-refractivity contribution in [1.82, 2.24) is 9.80 Å². The summed E-state index contributed by atoms with van der Waals surface area (Å²) >= 11 is 0. The molecule has 2 N–H and O–H groups in total. The number of likely N-dealkylation sites (tertiary alicyclic amines) is 1. The van der Waals surface area contributed by atoms with Crippen molar-refractivity contribution in [1.29, 1.82) is 0 Å². The lowest BCUT2D eigenvalue weighted by Crippen LogP contribution is -2.54. The Hall–Kier alpha value is -1.79. The normalized spacial score (nSPS) is 20.2. The van der Waals surface area contributed by atoms with Crippen LogP contribution in [0.2, 0.25) is 0 Å². The van der Waals surface area contributed by atoms with Crippen molar-refractivity contribution in [2.45, 2.75) is 32.9 Å². The van der Waals surface area contributed by atoms with E-state index in [2.05, 4.69) is 18.7 Å². The number of rotatable bonds is 6. The Kier molecular flexibility index (Phi) is 6.30. The predicted molar refractivity (Wildman–Crippen MR) is 98.8 cm³/mol. The molecule has 1 atom stereocenters. The summed E-state index contributed by atoms with van der Waals surface area (Å²) in [5.74, 6) is 1.47. The van der Waals surface area contributed by atoms with Crippen LogP contribution in [0.25, 0.3) is 0 Å². The molecule has 0 saturated carbocycles. The molecule has 1 saturated heterocycles. The molecule has 0 aromatic heterocycles. The maximum atomic E-state index is 12.6. The van der Waals surface area contributed by atoms with Crippen molar-refractivity contribution in [3.05, 3.63) is 23.8 Å². The summed E-state index contributed by atoms with van der Waals surface area (Å²) in [5, 5.41) is 0. The maximum absolute atomic E-state index is 12.6. The van der Waals surface area contributed by atoms with Crippen LogP contribution < -0.4 is 15.2 Å². The number of methoxy groups -OCH3 is 2. The van der Waals surface area contributed by atoms with E-state index in [1.165, 1.54) is 0 Å². The molecule has 6 heteroatoms. The first-order valence-corrected chi connectivity index (χ1v) is 8.69. The van der Waals surface area contributed by atoms with Gasteiger partial charge in [0.15, 0.2) is 11.5 Å². The van der Waals surface area contributed by atoms with Crippen molar-refractivity contribution in [2.75, 3.05) is 40.9 Å². The molecule has 0 bridgehead atoms. The third kappa shape index (κ3) is 4.86. The molecule has 1 heterocycles. The van der Waals surface area contributed by atoms with Crippen LogP contribution in [0.1, 0.15) is 25.8 Å². The fraction of sp³-hybridized carbons (Fsp3) is 0.632. The molecule has 1 fully saturated rings. The van der Waals surface area contributed by atoms with E-state index in [0.717, 1.165) is 25.1 Å². The van der Waals surface area contributed by atoms with Gasteiger partial charge in [0.25, 0.3) is 0 Å². The molecule has 25 heavy (non-hydrogen) atoms. The molecule has 140 valence electrons. The van der Waals surface area contributed by atoms with Crippen molar-refractivity contribution < 1.29 is 14.3 Å². The number of nitrogens with two attached hydrogens (primary N) is 1. The summed E-state index contributed by atoms with van der Waals surface area (Å²) in [6.45, 7) is 7.03. The lowest BCUT2D eigenvalue weighted by atomic mass is 9.80. The number of carbonyl (C=O) groups is 1. The standard InChI is InChI=1S/C19H31N3O3/c1-19(2)13-22(9-8-17(19)20)12-18(23)21(3)11-14-6-7-15(24-4)16(10-14)25-5/h6-7,10,17H,8-9,11-13,20H2,1-5H3. The van der Waals surface area contributed by atoms with Crippen molar-refractivity contribution in [3.63, 3.8) is 0 Å². The van der Waals surface area contributed by atoms with Gasteiger partial charge in [-0.1, -0.05) is 19.9 Å². The van der Waals surface area contributed by atoms with E-state index in [9.17, 15) is 4.79 Å². The molecule has 2 rings (SSSR count). The van der Waals surface area contributed by atoms with Gasteiger partial charge < -0.3 is 20.1 Å². The van der Waals surface area contributed by atoms with Gasteiger partial charge in [-0.3, -0.25) is 9.69 Å². The second kappa shape index (κ2) is 8.06. The quantitative estimate of drug-likeness (QED) is 0.847. The molecule has 1 aliphatic heterocycles. The molecular formula is C19H31N3O3. The summed E-state index contributed by atoms with van der Waals surface area (Å²) < 4.78 is 10.6. The average molecular weight is 349 g/mol. The number of carbonyl (C=O) groups excluding carboxylic acids is 1. The maximum Gasteiger partial charge on any atom is 0.236 e. The topological polar surface area (TPSA) is 68.0 Å². The third-order valence-corrected chi connectivity index (χ3v) is 5.04. The molecule has 0 radical (unpaired) electrons. The second-order valence-electron chi connectivity index (χ2n) is 7.53. The van der Waals surface area contributed by atoms with Gasteiger partial charge in [0.1, 0.15) is 0 Å². The highest BCUT2D eigenvalue weighted by Crippen LogP contribution is 2.29. The van der Waals surface area contributed by atoms with Gasteiger partial charge in [-0.15, -0.1) is 0 Å². The van der Waals surface area contributed by atoms with E-state index in [-0.39, 0.29) is 17.4 Å². The summed E-state index contributed by atoms with van der Waals surface area (Å²) in [7, 11) is 5.05. The van der Waals surface area contributed by atoms with Gasteiger partial charge in [-0.25, -0.2) is 0 Å². The average Bonchev–Trinajstić information content (AvgIpc) is 2.57. The zero-order valence-corrected chi connectivity index (χ0v) is 16.0. The number of hydrogen-bond acceptors (Lipinski definition) is 5. The van der Waals surface area contributed by atoms with Crippen LogP contribution in [0.5, 0.6) is 11.5 Å². The molecule has 0 aliphatic carbocycles. The summed E-state index contributed by atoms with van der Waals surface area (Å²) in [6.07, 6.45) is 0.930. The summed E-state index contributed by atoms with van der Waals surface area (Å²) in [6, 6.07) is 5.92. The Morgan fingerprint density at radius 3 is 2.60 bits per heavy atom. The van der Waals surface area contributed by atoms with Crippen LogP contribution in [0.15, 0.2) is 18.2 Å². The van der Waals surface area contributed by atoms with Gasteiger partial charge in [0.2, 0.25) is 5.91 Å². The molecule has 1 aromatic carbocycles. The predicted octanol–water partition coefficient (Wildman–Crippen LogP) is 1.72. The smallest absolute Gasteiger partial charge is 0.236 e. The highest BCUT2D eigenvalue weighted by atomic mass is 16.5. The minimum atomic E-state index is 0.0421. The number of hydrogen-bond donors (Lipinski definition) is 1. The van der Waals surface area contributed by atoms with E-state index in [1.807, 2.05) is 25.2 Å². The fourth-order valence-corrected chi connectivity index (χ4v) is 3.27. The number of likely N-dealkylation sites (N-methyl/N-ethyl adjacent to an activating group) is 1. The lowest BCUT2D eigenvalue weighted by Gasteiger charge is -2.42. The summed E-state index contributed by atoms with van der Waals surface area (Å²) in [5.41, 5.74) is 7.23. The molecule has 1 aliphatic rings. The molecule has 1 amide bonds. The van der Waals surface area contributed by atoms with Gasteiger partial charge >= 0.3 is 0 Å². The highest BCUT2D eigenvalue weighted by Gasteiger charge is 2.34. The van der Waals surface area contributed by atoms with Gasteiger partial charge in [-0.05, 0) is 29.5 Å². The summed E-state index contributed by atoms with van der Waals surface area (Å²) in [4.78, 5) is 16.5. The zero-order valence-electron chi connectivity index (χ0n) is 16.0. The largest absolute Gasteiger partial charge is 0.493 e. The Morgan fingerprint density at radius 2 is 2.00 bits per heavy atom. The monoisotopic (exact) mass is 349 g/mol. The number of nitrogens with zero attached hydrogens (tertiary/aromatic N) is 2. The molecule has 6 nitrogen and oxygen atoms in total. The van der Waals surface area contributed by atoms with Crippen molar-refractivity contribution in [3.8, 4) is 11.5 Å². The fourth-order valence-electron chi connectivity index (χ4n) is 3.27. The third-order valence-electron chi connectivity index (χ3n) is 5.04. The Labute approximate surface area is 150 Å². The van der Waals surface area contributed by atoms with Crippen molar-refractivity contribution in [2.24, 2.45) is 11.1 Å². The first-order chi connectivity index (χ1) is 11.8. The number of piperidine rings is 1. The number of amides is 1. The molecular weight excluding hydrogens is 318 g/mol. The second-order valence-corrected chi connectivity index (χ2v) is 7.53. The first-order valence-electron chi connectivity index (χ1n) is 8.69. The first kappa shape index (κ1) is 19.5. The lowest BCUT2D eigenvalue weighted by molar-refractivity contribution is -0.132. The highest BCUT2D eigenvalue weighted by molar-refractivity contribution is 5.78. The van der Waals surface area contributed by atoms with E-state index >= 15 is 0 Å². The van der Waals surface area contributed by atoms with Crippen LogP contribution in [0.3, 0.4) is 0 Å². The number of ether oxygens (including phenoxy) is 2. The van der Waals surface area contributed by atoms with Crippen LogP contribution in [0.4, 0.5) is 0 Å². The Morgan fingerprint density at radius 1 is 1.32 bits per heavy atom. The van der Waals surface area contributed by atoms with E-state index in [4.69, 9.17) is 15.2 Å². The molecule has 1 unspecified atom stereocenters. The molecule has 0 spiro atoms. The van der Waals surface area contributed by atoms with Gasteiger partial charge in [0.05, 0.1) is 20.8 Å². The van der Waals surface area contributed by atoms with Crippen LogP contribution in [0, 0.1) is 5.41 Å². The van der Waals surface area contributed by atoms with E-state index in [1.54, 1.807) is 19.1 Å². The number of benzene rings is 1. The Bertz CT molecular complexity index is 604. The van der Waals surface area contributed by atoms with E-state index in [0.29, 0.717) is 24.6 Å². The van der Waals surface area contributed by atoms with Crippen LogP contribution in [-0.4, -0.2) is 62.7 Å². The minimum Gasteiger partial charge on any atom is -0.493 e. The van der Waals surface area contributed by atoms with Gasteiger partial charge in [0, 0.05) is 32.7 Å². The van der Waals surface area contributed by atoms with Crippen molar-refractivity contribution >= 4 is 5.91 Å². The van der Waals surface area contributed by atoms with Gasteiger partial charge in [-0.2, -0.15) is 0 Å². The minimum absolute atomic E-state index is 0.0421.